The topological polar surface area (TPSA) is 71.5 Å². The highest BCUT2D eigenvalue weighted by Crippen LogP contribution is 2.20. The molecule has 5 nitrogen and oxygen atoms in total. The van der Waals surface area contributed by atoms with Crippen molar-refractivity contribution in [2.24, 2.45) is 11.7 Å². The molecule has 0 saturated carbocycles. The van der Waals surface area contributed by atoms with E-state index in [0.29, 0.717) is 12.5 Å². The van der Waals surface area contributed by atoms with Gasteiger partial charge in [-0.25, -0.2) is 0 Å². The zero-order chi connectivity index (χ0) is 14.5. The summed E-state index contributed by atoms with van der Waals surface area (Å²) in [4.78, 5) is 14.4. The molecule has 1 saturated heterocycles. The molecular formula is C15H25N3O2. The number of hydrogen-bond donors (Lipinski definition) is 2. The van der Waals surface area contributed by atoms with Gasteiger partial charge in [-0.15, -0.1) is 0 Å². The van der Waals surface area contributed by atoms with Crippen LogP contribution < -0.4 is 11.1 Å². The van der Waals surface area contributed by atoms with E-state index in [-0.39, 0.29) is 18.0 Å². The molecule has 1 fully saturated rings. The third-order valence-electron chi connectivity index (χ3n) is 4.18. The third kappa shape index (κ3) is 3.84. The van der Waals surface area contributed by atoms with Gasteiger partial charge in [-0.1, -0.05) is 0 Å². The van der Waals surface area contributed by atoms with Crippen molar-refractivity contribution in [3.8, 4) is 0 Å². The third-order valence-corrected chi connectivity index (χ3v) is 4.18. The van der Waals surface area contributed by atoms with Crippen LogP contribution in [0.25, 0.3) is 0 Å². The second-order valence-corrected chi connectivity index (χ2v) is 5.73. The summed E-state index contributed by atoms with van der Waals surface area (Å²) in [6.07, 6.45) is 3.89. The normalized spacial score (nSPS) is 23.2. The summed E-state index contributed by atoms with van der Waals surface area (Å²) in [7, 11) is 0. The molecule has 1 aromatic rings. The van der Waals surface area contributed by atoms with Gasteiger partial charge in [0.15, 0.2) is 0 Å². The van der Waals surface area contributed by atoms with Crippen LogP contribution in [0.4, 0.5) is 0 Å². The number of nitrogens with one attached hydrogen (secondary N) is 1. The average Bonchev–Trinajstić information content (AvgIpc) is 2.97. The first-order valence-electron chi connectivity index (χ1n) is 7.37. The number of rotatable bonds is 5. The van der Waals surface area contributed by atoms with Gasteiger partial charge in [-0.05, 0) is 51.3 Å². The maximum atomic E-state index is 12.2. The van der Waals surface area contributed by atoms with E-state index in [1.807, 2.05) is 19.1 Å². The predicted molar refractivity (Wildman–Crippen MR) is 78.0 cm³/mol. The highest BCUT2D eigenvalue weighted by Gasteiger charge is 2.28. The number of carbonyl (C=O) groups is 1. The van der Waals surface area contributed by atoms with Crippen molar-refractivity contribution in [3.63, 3.8) is 0 Å². The predicted octanol–water partition coefficient (Wildman–Crippen LogP) is 1.34. The van der Waals surface area contributed by atoms with Crippen LogP contribution in [0, 0.1) is 5.92 Å². The fourth-order valence-electron chi connectivity index (χ4n) is 2.72. The summed E-state index contributed by atoms with van der Waals surface area (Å²) >= 11 is 0. The summed E-state index contributed by atoms with van der Waals surface area (Å²) in [5.74, 6) is 1.31. The van der Waals surface area contributed by atoms with Crippen molar-refractivity contribution < 1.29 is 9.21 Å². The molecule has 1 aliphatic heterocycles. The molecule has 5 heteroatoms. The SMILES string of the molecule is CC(N)C1CCCN(C(C)C(=O)NCc2ccco2)C1. The van der Waals surface area contributed by atoms with Crippen molar-refractivity contribution >= 4 is 5.91 Å². The van der Waals surface area contributed by atoms with Crippen LogP contribution >= 0.6 is 0 Å². The summed E-state index contributed by atoms with van der Waals surface area (Å²) in [6.45, 7) is 6.34. The number of furan rings is 1. The number of piperidine rings is 1. The van der Waals surface area contributed by atoms with Crippen molar-refractivity contribution in [1.82, 2.24) is 10.2 Å². The van der Waals surface area contributed by atoms with E-state index in [1.54, 1.807) is 6.26 Å². The van der Waals surface area contributed by atoms with Crippen molar-refractivity contribution in [2.75, 3.05) is 13.1 Å². The first-order chi connectivity index (χ1) is 9.58. The number of nitrogens with two attached hydrogens (primary N) is 1. The maximum absolute atomic E-state index is 12.2. The molecule has 20 heavy (non-hydrogen) atoms. The molecule has 1 aliphatic rings. The van der Waals surface area contributed by atoms with E-state index in [9.17, 15) is 4.79 Å². The van der Waals surface area contributed by atoms with Crippen LogP contribution in [0.2, 0.25) is 0 Å². The Bertz CT molecular complexity index is 417. The molecule has 3 atom stereocenters. The summed E-state index contributed by atoms with van der Waals surface area (Å²) < 4.78 is 5.21. The van der Waals surface area contributed by atoms with Crippen molar-refractivity contribution in [3.05, 3.63) is 24.2 Å². The molecule has 0 aromatic carbocycles. The van der Waals surface area contributed by atoms with Crippen molar-refractivity contribution in [2.45, 2.75) is 45.3 Å². The molecule has 0 radical (unpaired) electrons. The van der Waals surface area contributed by atoms with Crippen LogP contribution in [0.3, 0.4) is 0 Å². The van der Waals surface area contributed by atoms with Crippen LogP contribution in [0.5, 0.6) is 0 Å². The minimum Gasteiger partial charge on any atom is -0.467 e. The second-order valence-electron chi connectivity index (χ2n) is 5.73. The molecular weight excluding hydrogens is 254 g/mol. The molecule has 0 bridgehead atoms. The van der Waals surface area contributed by atoms with Gasteiger partial charge in [0, 0.05) is 12.6 Å². The molecule has 1 aromatic heterocycles. The fourth-order valence-corrected chi connectivity index (χ4v) is 2.72. The summed E-state index contributed by atoms with van der Waals surface area (Å²) in [6, 6.07) is 3.75. The lowest BCUT2D eigenvalue weighted by Gasteiger charge is -2.37. The molecule has 3 N–H and O–H groups in total. The highest BCUT2D eigenvalue weighted by molar-refractivity contribution is 5.81. The lowest BCUT2D eigenvalue weighted by atomic mass is 9.91. The van der Waals surface area contributed by atoms with Gasteiger partial charge in [0.25, 0.3) is 0 Å². The first-order valence-corrected chi connectivity index (χ1v) is 7.37. The molecule has 112 valence electrons. The number of hydrogen-bond acceptors (Lipinski definition) is 4. The quantitative estimate of drug-likeness (QED) is 0.853. The Hall–Kier alpha value is -1.33. The van der Waals surface area contributed by atoms with Gasteiger partial charge in [0.1, 0.15) is 5.76 Å². The van der Waals surface area contributed by atoms with E-state index in [1.165, 1.54) is 0 Å². The smallest absolute Gasteiger partial charge is 0.237 e. The zero-order valence-corrected chi connectivity index (χ0v) is 12.3. The number of carbonyl (C=O) groups excluding carboxylic acids is 1. The van der Waals surface area contributed by atoms with E-state index in [0.717, 1.165) is 31.7 Å². The number of amides is 1. The zero-order valence-electron chi connectivity index (χ0n) is 12.3. The minimum absolute atomic E-state index is 0.0479. The fraction of sp³-hybridized carbons (Fsp3) is 0.667. The van der Waals surface area contributed by atoms with Gasteiger partial charge >= 0.3 is 0 Å². The van der Waals surface area contributed by atoms with E-state index < -0.39 is 0 Å². The van der Waals surface area contributed by atoms with Gasteiger partial charge in [0.05, 0.1) is 18.8 Å². The van der Waals surface area contributed by atoms with Crippen LogP contribution in [-0.2, 0) is 11.3 Å². The molecule has 0 aliphatic carbocycles. The average molecular weight is 279 g/mol. The summed E-state index contributed by atoms with van der Waals surface area (Å²) in [5, 5.41) is 2.92. The van der Waals surface area contributed by atoms with Gasteiger partial charge in [-0.2, -0.15) is 0 Å². The van der Waals surface area contributed by atoms with E-state index >= 15 is 0 Å². The monoisotopic (exact) mass is 279 g/mol. The minimum atomic E-state index is -0.119. The molecule has 0 spiro atoms. The highest BCUT2D eigenvalue weighted by atomic mass is 16.3. The molecule has 3 unspecified atom stereocenters. The summed E-state index contributed by atoms with van der Waals surface area (Å²) in [5.41, 5.74) is 5.99. The van der Waals surface area contributed by atoms with Crippen LogP contribution in [0.1, 0.15) is 32.4 Å². The Morgan fingerprint density at radius 2 is 2.40 bits per heavy atom. The Morgan fingerprint density at radius 1 is 1.60 bits per heavy atom. The Morgan fingerprint density at radius 3 is 3.05 bits per heavy atom. The van der Waals surface area contributed by atoms with E-state index in [4.69, 9.17) is 10.2 Å². The number of likely N-dealkylation sites (tertiary alicyclic amines) is 1. The van der Waals surface area contributed by atoms with Crippen molar-refractivity contribution in [1.29, 1.82) is 0 Å². The lowest BCUT2D eigenvalue weighted by Crippen LogP contribution is -2.51. The van der Waals surface area contributed by atoms with Gasteiger partial charge in [0.2, 0.25) is 5.91 Å². The van der Waals surface area contributed by atoms with Gasteiger partial charge < -0.3 is 15.5 Å². The van der Waals surface area contributed by atoms with Crippen LogP contribution in [-0.4, -0.2) is 36.0 Å². The van der Waals surface area contributed by atoms with Crippen LogP contribution in [0.15, 0.2) is 22.8 Å². The molecule has 1 amide bonds. The first kappa shape index (κ1) is 15.1. The number of nitrogens with zero attached hydrogens (tertiary/aromatic N) is 1. The Labute approximate surface area is 120 Å². The maximum Gasteiger partial charge on any atom is 0.237 e. The molecule has 2 heterocycles. The van der Waals surface area contributed by atoms with Gasteiger partial charge in [-0.3, -0.25) is 9.69 Å². The lowest BCUT2D eigenvalue weighted by molar-refractivity contribution is -0.126. The largest absolute Gasteiger partial charge is 0.467 e. The Kier molecular flexibility index (Phi) is 5.20. The molecule has 2 rings (SSSR count). The Balaban J connectivity index is 1.83. The second kappa shape index (κ2) is 6.90. The van der Waals surface area contributed by atoms with E-state index in [2.05, 4.69) is 17.1 Å². The standard InChI is InChI=1S/C15H25N3O2/c1-11(16)13-5-3-7-18(10-13)12(2)15(19)17-9-14-6-4-8-20-14/h4,6,8,11-13H,3,5,7,9-10,16H2,1-2H3,(H,17,19).